The summed E-state index contributed by atoms with van der Waals surface area (Å²) in [5.74, 6) is -0.216. The van der Waals surface area contributed by atoms with Crippen molar-refractivity contribution < 1.29 is 19.4 Å². The van der Waals surface area contributed by atoms with Gasteiger partial charge in [-0.25, -0.2) is 4.79 Å². The molecule has 1 amide bonds. The number of cyclic esters (lactones) is 1. The molecule has 1 unspecified atom stereocenters. The molecule has 2 atom stereocenters. The average molecular weight is 446 g/mol. The number of fused-ring (bicyclic) bond motifs is 2. The Labute approximate surface area is 193 Å². The summed E-state index contributed by atoms with van der Waals surface area (Å²) in [7, 11) is 0. The van der Waals surface area contributed by atoms with E-state index in [0.29, 0.717) is 37.3 Å². The molecule has 1 saturated heterocycles. The lowest BCUT2D eigenvalue weighted by molar-refractivity contribution is -0.139. The lowest BCUT2D eigenvalue weighted by atomic mass is 9.86. The first-order chi connectivity index (χ1) is 15.9. The van der Waals surface area contributed by atoms with E-state index in [1.54, 1.807) is 12.1 Å². The fourth-order valence-electron chi connectivity index (χ4n) is 5.42. The Kier molecular flexibility index (Phi) is 5.65. The van der Waals surface area contributed by atoms with E-state index in [-0.39, 0.29) is 24.5 Å². The predicted octanol–water partition coefficient (Wildman–Crippen LogP) is 2.27. The van der Waals surface area contributed by atoms with Gasteiger partial charge in [-0.05, 0) is 66.6 Å². The molecule has 7 nitrogen and oxygen atoms in total. The van der Waals surface area contributed by atoms with Crippen molar-refractivity contribution >= 4 is 11.9 Å². The molecule has 7 heteroatoms. The number of ether oxygens (including phenoxy) is 1. The lowest BCUT2D eigenvalue weighted by Crippen LogP contribution is -2.55. The summed E-state index contributed by atoms with van der Waals surface area (Å²) in [4.78, 5) is 28.8. The number of piperazine rings is 1. The van der Waals surface area contributed by atoms with Crippen LogP contribution in [-0.2, 0) is 29.0 Å². The second-order valence-electron chi connectivity index (χ2n) is 9.21. The highest BCUT2D eigenvalue weighted by Gasteiger charge is 2.33. The molecule has 2 aromatic carbocycles. The maximum Gasteiger partial charge on any atom is 0.338 e. The fourth-order valence-corrected chi connectivity index (χ4v) is 5.42. The van der Waals surface area contributed by atoms with Crippen LogP contribution in [0.4, 0.5) is 0 Å². The van der Waals surface area contributed by atoms with Crippen LogP contribution in [0.3, 0.4) is 0 Å². The summed E-state index contributed by atoms with van der Waals surface area (Å²) < 4.78 is 5.11. The van der Waals surface area contributed by atoms with E-state index < -0.39 is 6.10 Å². The Balaban J connectivity index is 1.21. The largest absolute Gasteiger partial charge is 0.457 e. The van der Waals surface area contributed by atoms with Gasteiger partial charge in [-0.2, -0.15) is 5.26 Å². The van der Waals surface area contributed by atoms with E-state index in [1.165, 1.54) is 11.1 Å². The van der Waals surface area contributed by atoms with Crippen LogP contribution in [0.5, 0.6) is 0 Å². The predicted molar refractivity (Wildman–Crippen MR) is 120 cm³/mol. The van der Waals surface area contributed by atoms with Gasteiger partial charge < -0.3 is 14.7 Å². The molecule has 33 heavy (non-hydrogen) atoms. The first-order valence-electron chi connectivity index (χ1n) is 11.5. The van der Waals surface area contributed by atoms with E-state index in [0.717, 1.165) is 36.0 Å². The molecule has 1 aliphatic carbocycles. The first kappa shape index (κ1) is 21.6. The molecule has 170 valence electrons. The van der Waals surface area contributed by atoms with Crippen LogP contribution in [-0.4, -0.2) is 59.0 Å². The molecule has 5 rings (SSSR count). The number of hydrogen-bond donors (Lipinski definition) is 1. The maximum absolute atomic E-state index is 13.0. The number of benzene rings is 2. The number of aliphatic hydroxyl groups excluding tert-OH is 1. The molecule has 1 fully saturated rings. The van der Waals surface area contributed by atoms with Crippen molar-refractivity contribution in [3.05, 3.63) is 69.3 Å². The minimum atomic E-state index is -0.735. The van der Waals surface area contributed by atoms with E-state index >= 15 is 0 Å². The van der Waals surface area contributed by atoms with Gasteiger partial charge in [-0.3, -0.25) is 9.69 Å². The number of amides is 1. The summed E-state index contributed by atoms with van der Waals surface area (Å²) in [5.41, 5.74) is 6.22. The van der Waals surface area contributed by atoms with Crippen molar-refractivity contribution in [1.82, 2.24) is 9.80 Å². The molecular formula is C26H27N3O4. The Morgan fingerprint density at radius 2 is 2.06 bits per heavy atom. The topological polar surface area (TPSA) is 93.9 Å². The van der Waals surface area contributed by atoms with Crippen LogP contribution in [0.15, 0.2) is 30.3 Å². The molecular weight excluding hydrogens is 418 g/mol. The zero-order valence-corrected chi connectivity index (χ0v) is 18.7. The third-order valence-corrected chi connectivity index (χ3v) is 7.31. The molecule has 0 bridgehead atoms. The van der Waals surface area contributed by atoms with Gasteiger partial charge in [0, 0.05) is 31.2 Å². The molecule has 1 N–H and O–H groups in total. The second kappa shape index (κ2) is 8.62. The number of carbonyl (C=O) groups excluding carboxylic acids is 2. The van der Waals surface area contributed by atoms with Gasteiger partial charge in [0.15, 0.2) is 0 Å². The first-order valence-corrected chi connectivity index (χ1v) is 11.5. The van der Waals surface area contributed by atoms with Crippen molar-refractivity contribution in [3.63, 3.8) is 0 Å². The number of β-amino-alcohol motifs (C(OH)–C–C–N with tert-alkyl or cyclic N) is 1. The summed E-state index contributed by atoms with van der Waals surface area (Å²) in [6, 6.07) is 11.7. The van der Waals surface area contributed by atoms with E-state index in [2.05, 4.69) is 6.07 Å². The number of aliphatic hydroxyl groups is 1. The average Bonchev–Trinajstić information content (AvgIpc) is 3.20. The molecule has 3 aliphatic rings. The minimum absolute atomic E-state index is 0.0974. The molecule has 0 aromatic heterocycles. The third kappa shape index (κ3) is 4.01. The summed E-state index contributed by atoms with van der Waals surface area (Å²) in [5, 5.41) is 20.0. The molecule has 0 spiro atoms. The third-order valence-electron chi connectivity index (χ3n) is 7.31. The number of aryl methyl sites for hydroxylation is 1. The lowest BCUT2D eigenvalue weighted by Gasteiger charge is -2.41. The van der Waals surface area contributed by atoms with Crippen molar-refractivity contribution in [3.8, 4) is 6.07 Å². The Morgan fingerprint density at radius 1 is 1.21 bits per heavy atom. The number of carbonyl (C=O) groups is 2. The van der Waals surface area contributed by atoms with Gasteiger partial charge in [0.25, 0.3) is 0 Å². The number of hydrogen-bond acceptors (Lipinski definition) is 6. The molecule has 0 saturated carbocycles. The van der Waals surface area contributed by atoms with Gasteiger partial charge in [0.05, 0.1) is 29.8 Å². The Bertz CT molecular complexity index is 1170. The minimum Gasteiger partial charge on any atom is -0.457 e. The van der Waals surface area contributed by atoms with Crippen LogP contribution < -0.4 is 0 Å². The number of esters is 1. The zero-order valence-electron chi connectivity index (χ0n) is 18.7. The van der Waals surface area contributed by atoms with Gasteiger partial charge >= 0.3 is 5.97 Å². The van der Waals surface area contributed by atoms with Gasteiger partial charge in [-0.1, -0.05) is 12.1 Å². The van der Waals surface area contributed by atoms with Crippen molar-refractivity contribution in [2.75, 3.05) is 26.2 Å². The zero-order chi connectivity index (χ0) is 23.1. The highest BCUT2D eigenvalue weighted by atomic mass is 16.5. The van der Waals surface area contributed by atoms with E-state index in [9.17, 15) is 14.7 Å². The van der Waals surface area contributed by atoms with Gasteiger partial charge in [0.1, 0.15) is 6.61 Å². The standard InChI is InChI=1S/C26H27N3O4/c1-16-21(6-7-22-23(16)15-33-26(22)32)24(30)13-28-8-9-29(25(31)14-28)20-5-4-18-10-17(12-27)2-3-19(18)11-20/h2-3,6-7,10,20,24,30H,4-5,8-9,11,13-15H2,1H3/t20?,24-/m1/s1. The maximum atomic E-state index is 13.0. The number of nitrogens with zero attached hydrogens (tertiary/aromatic N) is 3. The van der Waals surface area contributed by atoms with Crippen LogP contribution in [0.2, 0.25) is 0 Å². The highest BCUT2D eigenvalue weighted by molar-refractivity contribution is 5.94. The Hall–Kier alpha value is -3.21. The number of rotatable bonds is 4. The number of nitriles is 1. The van der Waals surface area contributed by atoms with Crippen LogP contribution in [0.25, 0.3) is 0 Å². The van der Waals surface area contributed by atoms with Gasteiger partial charge in [0.2, 0.25) is 5.91 Å². The summed E-state index contributed by atoms with van der Waals surface area (Å²) in [6.07, 6.45) is 1.88. The van der Waals surface area contributed by atoms with Crippen molar-refractivity contribution in [2.45, 2.75) is 44.9 Å². The normalized spacial score (nSPS) is 21.2. The van der Waals surface area contributed by atoms with E-state index in [4.69, 9.17) is 10.00 Å². The fraction of sp³-hybridized carbons (Fsp3) is 0.423. The summed E-state index contributed by atoms with van der Waals surface area (Å²) >= 11 is 0. The van der Waals surface area contributed by atoms with Crippen molar-refractivity contribution in [1.29, 1.82) is 5.26 Å². The van der Waals surface area contributed by atoms with Crippen LogP contribution in [0.1, 0.15) is 56.3 Å². The molecule has 2 heterocycles. The SMILES string of the molecule is Cc1c([C@H](O)CN2CCN(C3CCc4cc(C#N)ccc4C3)C(=O)C2)ccc2c1COC2=O. The monoisotopic (exact) mass is 445 g/mol. The van der Waals surface area contributed by atoms with Crippen LogP contribution in [0, 0.1) is 18.3 Å². The molecule has 0 radical (unpaired) electrons. The molecule has 2 aromatic rings. The van der Waals surface area contributed by atoms with E-state index in [1.807, 2.05) is 34.9 Å². The smallest absolute Gasteiger partial charge is 0.338 e. The second-order valence-corrected chi connectivity index (χ2v) is 9.21. The Morgan fingerprint density at radius 3 is 2.85 bits per heavy atom. The van der Waals surface area contributed by atoms with Crippen molar-refractivity contribution in [2.24, 2.45) is 0 Å². The highest BCUT2D eigenvalue weighted by Crippen LogP contribution is 2.30. The quantitative estimate of drug-likeness (QED) is 0.726. The molecule has 2 aliphatic heterocycles. The van der Waals surface area contributed by atoms with Gasteiger partial charge in [-0.15, -0.1) is 0 Å². The summed E-state index contributed by atoms with van der Waals surface area (Å²) in [6.45, 7) is 4.18. The van der Waals surface area contributed by atoms with Crippen LogP contribution >= 0.6 is 0 Å².